The van der Waals surface area contributed by atoms with Crippen LogP contribution in [0.3, 0.4) is 0 Å². The molecule has 0 spiro atoms. The second-order valence-electron chi connectivity index (χ2n) is 10.9. The molecule has 0 aliphatic heterocycles. The molecule has 2 heteroatoms. The second-order valence-corrected chi connectivity index (χ2v) is 10.9. The van der Waals surface area contributed by atoms with E-state index in [1.54, 1.807) is 0 Å². The summed E-state index contributed by atoms with van der Waals surface area (Å²) in [6, 6.07) is 48.5. The summed E-state index contributed by atoms with van der Waals surface area (Å²) < 4.78 is 2.07. The van der Waals surface area contributed by atoms with E-state index in [2.05, 4.69) is 126 Å². The number of nitrogens with zero attached hydrogens (tertiary/aromatic N) is 2. The number of rotatable bonds is 2. The first-order valence-corrected chi connectivity index (χ1v) is 14.1. The van der Waals surface area contributed by atoms with Crippen LogP contribution in [-0.2, 0) is 0 Å². The molecule has 0 fully saturated rings. The lowest BCUT2D eigenvalue weighted by molar-refractivity contribution is 1.19. The number of pyridine rings is 1. The second kappa shape index (κ2) is 8.51. The van der Waals surface area contributed by atoms with E-state index in [0.717, 1.165) is 16.9 Å². The normalized spacial score (nSPS) is 11.9. The lowest BCUT2D eigenvalue weighted by Gasteiger charge is -2.16. The zero-order chi connectivity index (χ0) is 26.9. The first kappa shape index (κ1) is 22.4. The molecule has 0 bridgehead atoms. The molecule has 0 amide bonds. The number of fused-ring (bicyclic) bond motifs is 10. The number of hydrogen-bond donors (Lipinski definition) is 0. The molecule has 7 aromatic carbocycles. The lowest BCUT2D eigenvalue weighted by atomic mass is 9.87. The van der Waals surface area contributed by atoms with Crippen molar-refractivity contribution in [2.75, 3.05) is 0 Å². The Morgan fingerprint density at radius 1 is 0.439 bits per heavy atom. The predicted molar refractivity (Wildman–Crippen MR) is 174 cm³/mol. The van der Waals surface area contributed by atoms with Gasteiger partial charge in [-0.25, -0.2) is 4.98 Å². The van der Waals surface area contributed by atoms with Gasteiger partial charge in [-0.2, -0.15) is 0 Å². The molecule has 9 aromatic rings. The van der Waals surface area contributed by atoms with Gasteiger partial charge in [-0.1, -0.05) is 103 Å². The van der Waals surface area contributed by atoms with E-state index >= 15 is 0 Å². The minimum atomic E-state index is 0.960. The van der Waals surface area contributed by atoms with Crippen LogP contribution >= 0.6 is 0 Å². The third-order valence-electron chi connectivity index (χ3n) is 8.56. The highest BCUT2D eigenvalue weighted by molar-refractivity contribution is 6.33. The fraction of sp³-hybridized carbons (Fsp3) is 0. The van der Waals surface area contributed by atoms with Gasteiger partial charge < -0.3 is 4.40 Å². The van der Waals surface area contributed by atoms with Gasteiger partial charge in [-0.3, -0.25) is 0 Å². The molecule has 0 saturated heterocycles. The van der Waals surface area contributed by atoms with Crippen molar-refractivity contribution in [3.05, 3.63) is 146 Å². The van der Waals surface area contributed by atoms with E-state index in [1.165, 1.54) is 65.0 Å². The van der Waals surface area contributed by atoms with E-state index in [4.69, 9.17) is 4.98 Å². The average Bonchev–Trinajstić information content (AvgIpc) is 3.48. The quantitative estimate of drug-likeness (QED) is 0.207. The molecule has 0 radical (unpaired) electrons. The van der Waals surface area contributed by atoms with Crippen molar-refractivity contribution in [2.45, 2.75) is 0 Å². The molecule has 190 valence electrons. The van der Waals surface area contributed by atoms with E-state index in [-0.39, 0.29) is 0 Å². The van der Waals surface area contributed by atoms with Gasteiger partial charge in [-0.15, -0.1) is 0 Å². The Labute approximate surface area is 236 Å². The van der Waals surface area contributed by atoms with Gasteiger partial charge in [0.1, 0.15) is 5.65 Å². The highest BCUT2D eigenvalue weighted by Gasteiger charge is 2.15. The molecule has 2 nitrogen and oxygen atoms in total. The maximum Gasteiger partial charge on any atom is 0.137 e. The summed E-state index contributed by atoms with van der Waals surface area (Å²) >= 11 is 0. The predicted octanol–water partition coefficient (Wildman–Crippen LogP) is 10.4. The summed E-state index contributed by atoms with van der Waals surface area (Å²) in [7, 11) is 0. The number of benzene rings is 7. The van der Waals surface area contributed by atoms with Gasteiger partial charge in [0.15, 0.2) is 0 Å². The van der Waals surface area contributed by atoms with Crippen LogP contribution in [0.25, 0.3) is 81.9 Å². The smallest absolute Gasteiger partial charge is 0.137 e. The van der Waals surface area contributed by atoms with E-state index < -0.39 is 0 Å². The summed E-state index contributed by atoms with van der Waals surface area (Å²) in [5.41, 5.74) is 5.57. The van der Waals surface area contributed by atoms with Gasteiger partial charge in [0.25, 0.3) is 0 Å². The highest BCUT2D eigenvalue weighted by atomic mass is 15.0. The maximum atomic E-state index is 4.83. The van der Waals surface area contributed by atoms with E-state index in [9.17, 15) is 0 Å². The largest absolute Gasteiger partial charge is 0.306 e. The summed E-state index contributed by atoms with van der Waals surface area (Å²) in [5, 5.41) is 12.9. The standard InChI is InChI=1S/C39H24N2/c1-2-11-31-29(9-1)30-10-3-5-13-33(30)39-34-14-6-4-12-32(34)35(23-36(31)39)27-18-16-26-22-28(19-17-25(26)21-27)37-24-41-20-8-7-15-38(41)40-37/h1-24H. The summed E-state index contributed by atoms with van der Waals surface area (Å²) in [4.78, 5) is 4.83. The van der Waals surface area contributed by atoms with Gasteiger partial charge in [0, 0.05) is 18.0 Å². The summed E-state index contributed by atoms with van der Waals surface area (Å²) in [6.07, 6.45) is 4.14. The molecule has 0 unspecified atom stereocenters. The molecule has 0 saturated carbocycles. The monoisotopic (exact) mass is 520 g/mol. The third-order valence-corrected chi connectivity index (χ3v) is 8.56. The van der Waals surface area contributed by atoms with Crippen molar-refractivity contribution in [1.82, 2.24) is 9.38 Å². The molecule has 2 heterocycles. The molecular weight excluding hydrogens is 496 g/mol. The number of imidazole rings is 1. The maximum absolute atomic E-state index is 4.83. The zero-order valence-corrected chi connectivity index (χ0v) is 22.3. The van der Waals surface area contributed by atoms with Crippen molar-refractivity contribution in [3.63, 3.8) is 0 Å². The zero-order valence-electron chi connectivity index (χ0n) is 22.3. The van der Waals surface area contributed by atoms with Crippen LogP contribution < -0.4 is 0 Å². The van der Waals surface area contributed by atoms with Crippen molar-refractivity contribution < 1.29 is 0 Å². The lowest BCUT2D eigenvalue weighted by Crippen LogP contribution is -1.89. The van der Waals surface area contributed by atoms with Crippen molar-refractivity contribution in [2.24, 2.45) is 0 Å². The van der Waals surface area contributed by atoms with Crippen LogP contribution in [0.4, 0.5) is 0 Å². The van der Waals surface area contributed by atoms with E-state index in [1.807, 2.05) is 24.4 Å². The van der Waals surface area contributed by atoms with Crippen LogP contribution in [-0.4, -0.2) is 9.38 Å². The van der Waals surface area contributed by atoms with Crippen LogP contribution in [0.15, 0.2) is 146 Å². The Hall–Kier alpha value is -5.47. The molecule has 0 atom stereocenters. The Kier molecular flexibility index (Phi) is 4.64. The van der Waals surface area contributed by atoms with Crippen molar-refractivity contribution in [1.29, 1.82) is 0 Å². The van der Waals surface area contributed by atoms with E-state index in [0.29, 0.717) is 0 Å². The van der Waals surface area contributed by atoms with Gasteiger partial charge in [0.05, 0.1) is 5.69 Å². The Morgan fingerprint density at radius 2 is 1.00 bits per heavy atom. The first-order chi connectivity index (χ1) is 20.3. The number of aromatic nitrogens is 2. The SMILES string of the molecule is c1ccc2c(c1)c(-c1ccc3cc(-c4cn5ccccc5n4)ccc3c1)cc1c3ccccc3c3ccccc3c21. The number of hydrogen-bond acceptors (Lipinski definition) is 1. The molecule has 0 aliphatic carbocycles. The fourth-order valence-electron chi connectivity index (χ4n) is 6.65. The Bertz CT molecular complexity index is 2450. The van der Waals surface area contributed by atoms with Gasteiger partial charge in [-0.05, 0) is 95.3 Å². The summed E-state index contributed by atoms with van der Waals surface area (Å²) in [6.45, 7) is 0. The average molecular weight is 521 g/mol. The fourth-order valence-corrected chi connectivity index (χ4v) is 6.65. The minimum absolute atomic E-state index is 0.960. The van der Waals surface area contributed by atoms with Crippen LogP contribution in [0.2, 0.25) is 0 Å². The van der Waals surface area contributed by atoms with Crippen molar-refractivity contribution >= 4 is 59.5 Å². The molecule has 0 aliphatic rings. The summed E-state index contributed by atoms with van der Waals surface area (Å²) in [5.74, 6) is 0. The minimum Gasteiger partial charge on any atom is -0.306 e. The highest BCUT2D eigenvalue weighted by Crippen LogP contribution is 2.43. The van der Waals surface area contributed by atoms with Gasteiger partial charge >= 0.3 is 0 Å². The molecule has 2 aromatic heterocycles. The third kappa shape index (κ3) is 3.34. The van der Waals surface area contributed by atoms with Crippen LogP contribution in [0.1, 0.15) is 0 Å². The van der Waals surface area contributed by atoms with Crippen molar-refractivity contribution in [3.8, 4) is 22.4 Å². The Morgan fingerprint density at radius 3 is 1.73 bits per heavy atom. The first-order valence-electron chi connectivity index (χ1n) is 14.1. The Balaban J connectivity index is 1.28. The topological polar surface area (TPSA) is 17.3 Å². The molecule has 0 N–H and O–H groups in total. The van der Waals surface area contributed by atoms with Crippen LogP contribution in [0, 0.1) is 0 Å². The van der Waals surface area contributed by atoms with Crippen LogP contribution in [0.5, 0.6) is 0 Å². The van der Waals surface area contributed by atoms with Gasteiger partial charge in [0.2, 0.25) is 0 Å². The molecule has 9 rings (SSSR count). The molecule has 41 heavy (non-hydrogen) atoms. The molecular formula is C39H24N2.